The van der Waals surface area contributed by atoms with Crippen LogP contribution in [-0.2, 0) is 13.0 Å². The quantitative estimate of drug-likeness (QED) is 0.446. The third kappa shape index (κ3) is 5.18. The van der Waals surface area contributed by atoms with Gasteiger partial charge in [-0.3, -0.25) is 4.79 Å². The van der Waals surface area contributed by atoms with Crippen molar-refractivity contribution in [3.05, 3.63) is 82.9 Å². The highest BCUT2D eigenvalue weighted by atomic mass is 16.5. The Morgan fingerprint density at radius 1 is 0.906 bits per heavy atom. The molecule has 0 aromatic heterocycles. The number of hydrogen-bond acceptors (Lipinski definition) is 5. The number of carboxylic acids is 1. The van der Waals surface area contributed by atoms with Gasteiger partial charge in [0.15, 0.2) is 11.5 Å². The Balaban J connectivity index is 1.80. The highest BCUT2D eigenvalue weighted by molar-refractivity contribution is 6.08. The standard InChI is InChI=1S/C25H26N2O5/c1-4-17-9-5-6-11-20(17)26-15-16-8-7-10-18(12-16)24(28)27-21-14-23(32-3)22(31-2)13-19(21)25(29)30/h5-14,26H,4,15H2,1-3H3,(H,27,28)(H,29,30). The minimum absolute atomic E-state index is 0.0926. The highest BCUT2D eigenvalue weighted by Gasteiger charge is 2.18. The number of anilines is 2. The molecule has 1 amide bonds. The van der Waals surface area contributed by atoms with Gasteiger partial charge in [0, 0.05) is 29.9 Å². The maximum Gasteiger partial charge on any atom is 0.337 e. The van der Waals surface area contributed by atoms with Gasteiger partial charge in [0.05, 0.1) is 25.5 Å². The van der Waals surface area contributed by atoms with Crippen molar-refractivity contribution in [1.82, 2.24) is 0 Å². The second kappa shape index (κ2) is 10.3. The predicted molar refractivity (Wildman–Crippen MR) is 124 cm³/mol. The number of aryl methyl sites for hydroxylation is 1. The summed E-state index contributed by atoms with van der Waals surface area (Å²) in [4.78, 5) is 24.6. The molecule has 3 aromatic rings. The summed E-state index contributed by atoms with van der Waals surface area (Å²) in [7, 11) is 2.86. The summed E-state index contributed by atoms with van der Waals surface area (Å²) < 4.78 is 10.4. The van der Waals surface area contributed by atoms with Crippen molar-refractivity contribution in [3.8, 4) is 11.5 Å². The number of carbonyl (C=O) groups is 2. The van der Waals surface area contributed by atoms with Crippen LogP contribution in [0.15, 0.2) is 60.7 Å². The number of carbonyl (C=O) groups excluding carboxylic acids is 1. The number of aromatic carboxylic acids is 1. The van der Waals surface area contributed by atoms with Crippen molar-refractivity contribution >= 4 is 23.3 Å². The van der Waals surface area contributed by atoms with Gasteiger partial charge >= 0.3 is 5.97 Å². The van der Waals surface area contributed by atoms with Gasteiger partial charge in [-0.15, -0.1) is 0 Å². The second-order valence-electron chi connectivity index (χ2n) is 7.08. The molecular weight excluding hydrogens is 408 g/mol. The number of rotatable bonds is 9. The Labute approximate surface area is 187 Å². The summed E-state index contributed by atoms with van der Waals surface area (Å²) >= 11 is 0. The fraction of sp³-hybridized carbons (Fsp3) is 0.200. The third-order valence-corrected chi connectivity index (χ3v) is 5.07. The maximum atomic E-state index is 12.9. The van der Waals surface area contributed by atoms with Gasteiger partial charge in [0.2, 0.25) is 0 Å². The lowest BCUT2D eigenvalue weighted by Gasteiger charge is -2.14. The molecule has 3 rings (SSSR count). The Morgan fingerprint density at radius 3 is 2.31 bits per heavy atom. The molecule has 0 unspecified atom stereocenters. The van der Waals surface area contributed by atoms with E-state index in [0.29, 0.717) is 17.9 Å². The molecule has 0 aliphatic heterocycles. The fourth-order valence-electron chi connectivity index (χ4n) is 3.37. The normalized spacial score (nSPS) is 10.3. The van der Waals surface area contributed by atoms with Gasteiger partial charge in [-0.2, -0.15) is 0 Å². The number of para-hydroxylation sites is 1. The minimum atomic E-state index is -1.19. The Bertz CT molecular complexity index is 1130. The zero-order valence-corrected chi connectivity index (χ0v) is 18.3. The molecule has 0 fully saturated rings. The van der Waals surface area contributed by atoms with E-state index in [1.807, 2.05) is 24.3 Å². The molecule has 3 N–H and O–H groups in total. The predicted octanol–water partition coefficient (Wildman–Crippen LogP) is 4.83. The lowest BCUT2D eigenvalue weighted by Crippen LogP contribution is -2.15. The van der Waals surface area contributed by atoms with Crippen LogP contribution in [0.5, 0.6) is 11.5 Å². The second-order valence-corrected chi connectivity index (χ2v) is 7.08. The molecule has 32 heavy (non-hydrogen) atoms. The Hall–Kier alpha value is -4.00. The van der Waals surface area contributed by atoms with Crippen molar-refractivity contribution in [3.63, 3.8) is 0 Å². The topological polar surface area (TPSA) is 96.9 Å². The number of benzene rings is 3. The lowest BCUT2D eigenvalue weighted by atomic mass is 10.1. The number of nitrogens with one attached hydrogen (secondary N) is 2. The monoisotopic (exact) mass is 434 g/mol. The van der Waals surface area contributed by atoms with Crippen LogP contribution < -0.4 is 20.1 Å². The van der Waals surface area contributed by atoms with Crippen LogP contribution >= 0.6 is 0 Å². The van der Waals surface area contributed by atoms with Crippen LogP contribution in [0.1, 0.15) is 38.8 Å². The molecule has 0 spiro atoms. The molecule has 166 valence electrons. The van der Waals surface area contributed by atoms with E-state index < -0.39 is 11.9 Å². The molecule has 0 aliphatic carbocycles. The summed E-state index contributed by atoms with van der Waals surface area (Å²) in [6.45, 7) is 2.65. The van der Waals surface area contributed by atoms with Crippen molar-refractivity contribution in [2.75, 3.05) is 24.9 Å². The van der Waals surface area contributed by atoms with Crippen molar-refractivity contribution in [1.29, 1.82) is 0 Å². The summed E-state index contributed by atoms with van der Waals surface area (Å²) in [5.74, 6) is -1.02. The van der Waals surface area contributed by atoms with E-state index in [1.54, 1.807) is 18.2 Å². The number of carboxylic acid groups (broad SMARTS) is 1. The van der Waals surface area contributed by atoms with E-state index in [2.05, 4.69) is 23.6 Å². The Morgan fingerprint density at radius 2 is 1.62 bits per heavy atom. The molecule has 0 atom stereocenters. The van der Waals surface area contributed by atoms with E-state index in [4.69, 9.17) is 9.47 Å². The van der Waals surface area contributed by atoms with Gasteiger partial charge in [0.25, 0.3) is 5.91 Å². The molecule has 0 radical (unpaired) electrons. The maximum absolute atomic E-state index is 12.9. The van der Waals surface area contributed by atoms with Gasteiger partial charge in [0.1, 0.15) is 0 Å². The van der Waals surface area contributed by atoms with E-state index in [-0.39, 0.29) is 17.0 Å². The van der Waals surface area contributed by atoms with E-state index in [9.17, 15) is 14.7 Å². The lowest BCUT2D eigenvalue weighted by molar-refractivity contribution is 0.0697. The molecule has 0 heterocycles. The first-order chi connectivity index (χ1) is 15.5. The third-order valence-electron chi connectivity index (χ3n) is 5.07. The van der Waals surface area contributed by atoms with Gasteiger partial charge in [-0.25, -0.2) is 4.79 Å². The van der Waals surface area contributed by atoms with Crippen LogP contribution in [0.3, 0.4) is 0 Å². The Kier molecular flexibility index (Phi) is 7.33. The van der Waals surface area contributed by atoms with Crippen LogP contribution in [0.4, 0.5) is 11.4 Å². The number of amides is 1. The van der Waals surface area contributed by atoms with Crippen LogP contribution in [0.25, 0.3) is 0 Å². The zero-order valence-electron chi connectivity index (χ0n) is 18.3. The average Bonchev–Trinajstić information content (AvgIpc) is 2.82. The fourth-order valence-corrected chi connectivity index (χ4v) is 3.37. The first-order valence-corrected chi connectivity index (χ1v) is 10.2. The average molecular weight is 434 g/mol. The van der Waals surface area contributed by atoms with Crippen molar-refractivity contribution < 1.29 is 24.2 Å². The van der Waals surface area contributed by atoms with Gasteiger partial charge in [-0.05, 0) is 35.7 Å². The summed E-state index contributed by atoms with van der Waals surface area (Å²) in [6.07, 6.45) is 0.919. The molecule has 7 nitrogen and oxygen atoms in total. The van der Waals surface area contributed by atoms with Crippen LogP contribution in [-0.4, -0.2) is 31.2 Å². The van der Waals surface area contributed by atoms with Gasteiger partial charge < -0.3 is 25.2 Å². The number of methoxy groups -OCH3 is 2. The number of hydrogen-bond donors (Lipinski definition) is 3. The van der Waals surface area contributed by atoms with Crippen molar-refractivity contribution in [2.45, 2.75) is 19.9 Å². The molecule has 0 saturated carbocycles. The summed E-state index contributed by atoms with van der Waals surface area (Å²) in [6, 6.07) is 18.0. The van der Waals surface area contributed by atoms with Gasteiger partial charge in [-0.1, -0.05) is 37.3 Å². The molecule has 3 aromatic carbocycles. The largest absolute Gasteiger partial charge is 0.493 e. The smallest absolute Gasteiger partial charge is 0.337 e. The first kappa shape index (κ1) is 22.7. The minimum Gasteiger partial charge on any atom is -0.493 e. The van der Waals surface area contributed by atoms with Crippen LogP contribution in [0.2, 0.25) is 0 Å². The summed E-state index contributed by atoms with van der Waals surface area (Å²) in [5, 5.41) is 15.6. The molecule has 7 heteroatoms. The molecular formula is C25H26N2O5. The summed E-state index contributed by atoms with van der Waals surface area (Å²) in [5.41, 5.74) is 3.65. The number of ether oxygens (including phenoxy) is 2. The SMILES string of the molecule is CCc1ccccc1NCc1cccc(C(=O)Nc2cc(OC)c(OC)cc2C(=O)O)c1. The van der Waals surface area contributed by atoms with E-state index in [1.165, 1.54) is 31.9 Å². The first-order valence-electron chi connectivity index (χ1n) is 10.2. The molecule has 0 bridgehead atoms. The molecule has 0 saturated heterocycles. The molecule has 0 aliphatic rings. The van der Waals surface area contributed by atoms with E-state index >= 15 is 0 Å². The van der Waals surface area contributed by atoms with E-state index in [0.717, 1.165) is 17.7 Å². The van der Waals surface area contributed by atoms with Crippen molar-refractivity contribution in [2.24, 2.45) is 0 Å². The zero-order chi connectivity index (χ0) is 23.1. The highest BCUT2D eigenvalue weighted by Crippen LogP contribution is 2.33. The van der Waals surface area contributed by atoms with Crippen LogP contribution in [0, 0.1) is 0 Å².